The van der Waals surface area contributed by atoms with Crippen molar-refractivity contribution in [3.8, 4) is 0 Å². The second-order valence-electron chi connectivity index (χ2n) is 8.69. The predicted octanol–water partition coefficient (Wildman–Crippen LogP) is 5.60. The van der Waals surface area contributed by atoms with Gasteiger partial charge in [0, 0.05) is 23.4 Å². The number of halogens is 2. The Hall–Kier alpha value is -3.26. The Bertz CT molecular complexity index is 1170. The van der Waals surface area contributed by atoms with Crippen LogP contribution in [-0.2, 0) is 24.9 Å². The van der Waals surface area contributed by atoms with Crippen molar-refractivity contribution in [2.24, 2.45) is 5.41 Å². The molecular weight excluding hydrogens is 472 g/mol. The van der Waals surface area contributed by atoms with Crippen molar-refractivity contribution >= 4 is 35.0 Å². The van der Waals surface area contributed by atoms with Crippen LogP contribution in [0, 0.1) is 17.0 Å². The minimum atomic E-state index is -0.999. The maximum atomic E-state index is 14.4. The van der Waals surface area contributed by atoms with Gasteiger partial charge in [-0.3, -0.25) is 14.4 Å². The molecule has 0 N–H and O–H groups in total. The van der Waals surface area contributed by atoms with Gasteiger partial charge in [-0.2, -0.15) is 0 Å². The number of thioether (sulfide) groups is 1. The molecule has 1 aliphatic rings. The molecule has 0 radical (unpaired) electrons. The molecule has 0 saturated carbocycles. The average molecular weight is 500 g/mol. The molecule has 1 aliphatic carbocycles. The molecule has 3 rings (SSSR count). The van der Waals surface area contributed by atoms with Crippen LogP contribution in [0.4, 0.5) is 14.5 Å². The molecule has 0 fully saturated rings. The zero-order chi connectivity index (χ0) is 25.6. The summed E-state index contributed by atoms with van der Waals surface area (Å²) in [5.74, 6) is -3.51. The predicted molar refractivity (Wildman–Crippen MR) is 133 cm³/mol. The molecule has 0 heterocycles. The van der Waals surface area contributed by atoms with Gasteiger partial charge in [-0.1, -0.05) is 50.3 Å². The first kappa shape index (κ1) is 26.3. The third-order valence-corrected chi connectivity index (χ3v) is 6.50. The van der Waals surface area contributed by atoms with Crippen molar-refractivity contribution in [2.45, 2.75) is 32.9 Å². The number of hydrogen-bond acceptors (Lipinski definition) is 6. The summed E-state index contributed by atoms with van der Waals surface area (Å²) in [6, 6.07) is 12.6. The number of nitrogens with zero attached hydrogens (tertiary/aromatic N) is 1. The van der Waals surface area contributed by atoms with Crippen molar-refractivity contribution < 1.29 is 27.9 Å². The lowest BCUT2D eigenvalue weighted by atomic mass is 9.87. The van der Waals surface area contributed by atoms with E-state index in [4.69, 9.17) is 4.74 Å². The summed E-state index contributed by atoms with van der Waals surface area (Å²) >= 11 is 1.000. The number of Topliss-reactive ketones (excluding diaryl/α,β-unsaturated/α-hetero) is 1. The number of benzene rings is 2. The van der Waals surface area contributed by atoms with Crippen LogP contribution >= 0.6 is 11.8 Å². The number of rotatable bonds is 8. The number of esters is 1. The largest absolute Gasteiger partial charge is 0.465 e. The lowest BCUT2D eigenvalue weighted by molar-refractivity contribution is -0.141. The van der Waals surface area contributed by atoms with Crippen LogP contribution in [0.2, 0.25) is 0 Å². The zero-order valence-corrected chi connectivity index (χ0v) is 20.7. The fourth-order valence-electron chi connectivity index (χ4n) is 3.62. The lowest BCUT2D eigenvalue weighted by Gasteiger charge is -2.28. The van der Waals surface area contributed by atoms with Gasteiger partial charge in [0.15, 0.2) is 23.2 Å². The first-order chi connectivity index (χ1) is 16.6. The van der Waals surface area contributed by atoms with Crippen molar-refractivity contribution in [1.29, 1.82) is 0 Å². The van der Waals surface area contributed by atoms with E-state index in [1.165, 1.54) is 23.1 Å². The first-order valence-electron chi connectivity index (χ1n) is 11.2. The third kappa shape index (κ3) is 6.66. The van der Waals surface area contributed by atoms with Crippen LogP contribution in [-0.4, -0.2) is 30.7 Å². The summed E-state index contributed by atoms with van der Waals surface area (Å²) in [7, 11) is 0. The third-order valence-electron chi connectivity index (χ3n) is 5.34. The Morgan fingerprint density at radius 1 is 1.09 bits per heavy atom. The van der Waals surface area contributed by atoms with E-state index in [1.54, 1.807) is 43.3 Å². The monoisotopic (exact) mass is 499 g/mol. The minimum absolute atomic E-state index is 0.0672. The van der Waals surface area contributed by atoms with E-state index in [0.717, 1.165) is 17.8 Å². The second kappa shape index (κ2) is 11.4. The number of ketones is 2. The van der Waals surface area contributed by atoms with E-state index in [9.17, 15) is 23.2 Å². The molecule has 35 heavy (non-hydrogen) atoms. The molecule has 2 aromatic rings. The maximum Gasteiger partial charge on any atom is 0.325 e. The molecule has 2 aromatic carbocycles. The van der Waals surface area contributed by atoms with Crippen LogP contribution in [0.3, 0.4) is 0 Å². The molecule has 0 atom stereocenters. The van der Waals surface area contributed by atoms with Crippen molar-refractivity contribution in [3.05, 3.63) is 88.5 Å². The van der Waals surface area contributed by atoms with Gasteiger partial charge in [-0.15, -0.1) is 11.8 Å². The Labute approximate surface area is 207 Å². The second-order valence-corrected chi connectivity index (χ2v) is 9.66. The van der Waals surface area contributed by atoms with E-state index >= 15 is 0 Å². The van der Waals surface area contributed by atoms with E-state index in [2.05, 4.69) is 0 Å². The van der Waals surface area contributed by atoms with Gasteiger partial charge in [0.2, 0.25) is 0 Å². The highest BCUT2D eigenvalue weighted by atomic mass is 32.2. The summed E-state index contributed by atoms with van der Waals surface area (Å²) in [5.41, 5.74) is -0.0238. The van der Waals surface area contributed by atoms with Crippen LogP contribution in [0.15, 0.2) is 71.3 Å². The Balaban J connectivity index is 2.16. The molecule has 0 saturated heterocycles. The highest BCUT2D eigenvalue weighted by Crippen LogP contribution is 2.37. The number of ether oxygens (including phenoxy) is 1. The van der Waals surface area contributed by atoms with E-state index in [0.29, 0.717) is 5.69 Å². The standard InChI is InChI=1S/C27H27F2NO4S/c1-4-34-23(33)16-30(19-10-6-5-7-11-19)26(35-17-18-9-8-12-20(28)25(18)29)24-21(31)13-14-27(2,3)15-22(24)32/h5-14H,4,15-17H2,1-3H3/b26-24+. The summed E-state index contributed by atoms with van der Waals surface area (Å²) in [4.78, 5) is 40.6. The van der Waals surface area contributed by atoms with Crippen LogP contribution in [0.1, 0.15) is 32.8 Å². The smallest absolute Gasteiger partial charge is 0.325 e. The normalized spacial score (nSPS) is 16.6. The van der Waals surface area contributed by atoms with E-state index < -0.39 is 34.6 Å². The molecule has 0 aliphatic heterocycles. The molecule has 0 amide bonds. The van der Waals surface area contributed by atoms with Gasteiger partial charge in [-0.05, 0) is 36.6 Å². The summed E-state index contributed by atoms with van der Waals surface area (Å²) < 4.78 is 33.4. The molecule has 184 valence electrons. The lowest BCUT2D eigenvalue weighted by Crippen LogP contribution is -2.32. The van der Waals surface area contributed by atoms with Gasteiger partial charge in [0.05, 0.1) is 17.2 Å². The molecule has 0 unspecified atom stereocenters. The van der Waals surface area contributed by atoms with E-state index in [-0.39, 0.29) is 41.5 Å². The Kier molecular flexibility index (Phi) is 8.62. The van der Waals surface area contributed by atoms with Gasteiger partial charge in [-0.25, -0.2) is 8.78 Å². The van der Waals surface area contributed by atoms with Gasteiger partial charge < -0.3 is 9.64 Å². The van der Waals surface area contributed by atoms with Crippen molar-refractivity contribution in [1.82, 2.24) is 0 Å². The molecule has 0 bridgehead atoms. The number of carbonyl (C=O) groups excluding carboxylic acids is 3. The topological polar surface area (TPSA) is 63.7 Å². The van der Waals surface area contributed by atoms with Gasteiger partial charge >= 0.3 is 5.97 Å². The fraction of sp³-hybridized carbons (Fsp3) is 0.296. The molecule has 0 aromatic heterocycles. The minimum Gasteiger partial charge on any atom is -0.465 e. The van der Waals surface area contributed by atoms with Gasteiger partial charge in [0.25, 0.3) is 0 Å². The summed E-state index contributed by atoms with van der Waals surface area (Å²) in [6.07, 6.45) is 3.12. The van der Waals surface area contributed by atoms with Crippen LogP contribution < -0.4 is 4.90 Å². The summed E-state index contributed by atoms with van der Waals surface area (Å²) in [5, 5.41) is 0.185. The Morgan fingerprint density at radius 2 is 1.80 bits per heavy atom. The highest BCUT2D eigenvalue weighted by Gasteiger charge is 2.33. The van der Waals surface area contributed by atoms with Crippen molar-refractivity contribution in [3.63, 3.8) is 0 Å². The van der Waals surface area contributed by atoms with E-state index in [1.807, 2.05) is 13.8 Å². The van der Waals surface area contributed by atoms with Crippen LogP contribution in [0.5, 0.6) is 0 Å². The van der Waals surface area contributed by atoms with Crippen molar-refractivity contribution in [2.75, 3.05) is 18.1 Å². The molecule has 8 heteroatoms. The number of hydrogen-bond donors (Lipinski definition) is 0. The number of anilines is 1. The number of para-hydroxylation sites is 1. The molecule has 0 spiro atoms. The fourth-order valence-corrected chi connectivity index (χ4v) is 4.82. The Morgan fingerprint density at radius 3 is 2.49 bits per heavy atom. The zero-order valence-electron chi connectivity index (χ0n) is 19.8. The maximum absolute atomic E-state index is 14.4. The average Bonchev–Trinajstić information content (AvgIpc) is 2.91. The molecule has 5 nitrogen and oxygen atoms in total. The SMILES string of the molecule is CCOC(=O)CN(/C(SCc1cccc(F)c1F)=C1/C(=O)C=CC(C)(C)CC1=O)c1ccccc1. The highest BCUT2D eigenvalue weighted by molar-refractivity contribution is 8.02. The number of allylic oxidation sites excluding steroid dienone is 3. The quantitative estimate of drug-likeness (QED) is 0.268. The van der Waals surface area contributed by atoms with Gasteiger partial charge in [0.1, 0.15) is 6.54 Å². The first-order valence-corrected chi connectivity index (χ1v) is 12.2. The van der Waals surface area contributed by atoms with Crippen LogP contribution in [0.25, 0.3) is 0 Å². The summed E-state index contributed by atoms with van der Waals surface area (Å²) in [6.45, 7) is 5.25. The number of carbonyl (C=O) groups is 3. The molecular formula is C27H27F2NO4S.